The SMILES string of the molecule is CSc1cccc(-c2nnc(NC(=O)CN3C(=O)c4ccccc4C3=O)o2)c1. The molecule has 0 bridgehead atoms. The van der Waals surface area contributed by atoms with Gasteiger partial charge in [-0.3, -0.25) is 24.6 Å². The number of imide groups is 1. The van der Waals surface area contributed by atoms with Crippen molar-refractivity contribution in [3.8, 4) is 11.5 Å². The quantitative estimate of drug-likeness (QED) is 0.524. The van der Waals surface area contributed by atoms with Gasteiger partial charge in [0.05, 0.1) is 11.1 Å². The number of nitrogens with one attached hydrogen (secondary N) is 1. The molecule has 2 heterocycles. The van der Waals surface area contributed by atoms with Crippen LogP contribution in [0.1, 0.15) is 20.7 Å². The lowest BCUT2D eigenvalue weighted by Crippen LogP contribution is -2.37. The van der Waals surface area contributed by atoms with Crippen molar-refractivity contribution in [2.75, 3.05) is 18.1 Å². The Morgan fingerprint density at radius 1 is 1.07 bits per heavy atom. The van der Waals surface area contributed by atoms with Gasteiger partial charge in [0.15, 0.2) is 0 Å². The van der Waals surface area contributed by atoms with Crippen LogP contribution in [-0.4, -0.2) is 45.6 Å². The summed E-state index contributed by atoms with van der Waals surface area (Å²) in [6, 6.07) is 13.9. The van der Waals surface area contributed by atoms with Gasteiger partial charge < -0.3 is 4.42 Å². The minimum atomic E-state index is -0.609. The van der Waals surface area contributed by atoms with E-state index < -0.39 is 24.3 Å². The van der Waals surface area contributed by atoms with Gasteiger partial charge >= 0.3 is 6.01 Å². The fourth-order valence-electron chi connectivity index (χ4n) is 2.83. The molecule has 140 valence electrons. The van der Waals surface area contributed by atoms with E-state index in [1.807, 2.05) is 30.5 Å². The number of thioether (sulfide) groups is 1. The number of anilines is 1. The summed E-state index contributed by atoms with van der Waals surface area (Å²) in [4.78, 5) is 38.8. The average Bonchev–Trinajstić information content (AvgIpc) is 3.27. The normalized spacial score (nSPS) is 13.0. The predicted molar refractivity (Wildman–Crippen MR) is 102 cm³/mol. The Hall–Kier alpha value is -3.46. The molecule has 1 aliphatic rings. The van der Waals surface area contributed by atoms with Gasteiger partial charge in [0.25, 0.3) is 11.8 Å². The van der Waals surface area contributed by atoms with Crippen molar-refractivity contribution in [2.45, 2.75) is 4.90 Å². The lowest BCUT2D eigenvalue weighted by Gasteiger charge is -2.12. The second-order valence-electron chi connectivity index (χ2n) is 5.93. The maximum Gasteiger partial charge on any atom is 0.322 e. The standard InChI is InChI=1S/C19H14N4O4S/c1-28-12-6-4-5-11(9-12)16-21-22-19(27-16)20-15(24)10-23-17(25)13-7-2-3-8-14(13)18(23)26/h2-9H,10H2,1H3,(H,20,22,24). The Morgan fingerprint density at radius 2 is 1.79 bits per heavy atom. The van der Waals surface area contributed by atoms with Gasteiger partial charge in [-0.1, -0.05) is 23.3 Å². The zero-order valence-corrected chi connectivity index (χ0v) is 15.5. The van der Waals surface area contributed by atoms with Crippen LogP contribution in [-0.2, 0) is 4.79 Å². The molecular weight excluding hydrogens is 380 g/mol. The highest BCUT2D eigenvalue weighted by molar-refractivity contribution is 7.98. The van der Waals surface area contributed by atoms with Gasteiger partial charge in [0.2, 0.25) is 11.8 Å². The summed E-state index contributed by atoms with van der Waals surface area (Å²) in [6.07, 6.45) is 1.96. The lowest BCUT2D eigenvalue weighted by molar-refractivity contribution is -0.116. The minimum Gasteiger partial charge on any atom is -0.403 e. The number of nitrogens with zero attached hydrogens (tertiary/aromatic N) is 3. The molecule has 1 aromatic heterocycles. The molecule has 0 saturated carbocycles. The largest absolute Gasteiger partial charge is 0.403 e. The van der Waals surface area contributed by atoms with E-state index >= 15 is 0 Å². The molecule has 8 nitrogen and oxygen atoms in total. The van der Waals surface area contributed by atoms with Crippen LogP contribution in [0, 0.1) is 0 Å². The summed E-state index contributed by atoms with van der Waals surface area (Å²) in [5.74, 6) is -1.36. The van der Waals surface area contributed by atoms with Crippen LogP contribution in [0.25, 0.3) is 11.5 Å². The van der Waals surface area contributed by atoms with Gasteiger partial charge in [-0.25, -0.2) is 0 Å². The molecule has 28 heavy (non-hydrogen) atoms. The number of aromatic nitrogens is 2. The van der Waals surface area contributed by atoms with E-state index in [1.54, 1.807) is 36.0 Å². The summed E-state index contributed by atoms with van der Waals surface area (Å²) >= 11 is 1.58. The van der Waals surface area contributed by atoms with Crippen LogP contribution in [0.3, 0.4) is 0 Å². The minimum absolute atomic E-state index is 0.105. The number of amides is 3. The maximum atomic E-state index is 12.3. The smallest absolute Gasteiger partial charge is 0.322 e. The van der Waals surface area contributed by atoms with E-state index in [2.05, 4.69) is 15.5 Å². The number of benzene rings is 2. The first kappa shape index (κ1) is 17.9. The third kappa shape index (κ3) is 3.27. The molecule has 0 saturated heterocycles. The molecule has 0 atom stereocenters. The first-order valence-electron chi connectivity index (χ1n) is 8.30. The molecule has 0 fully saturated rings. The summed E-state index contributed by atoms with van der Waals surface area (Å²) in [5, 5.41) is 10.1. The summed E-state index contributed by atoms with van der Waals surface area (Å²) in [5.41, 5.74) is 1.29. The molecule has 3 aromatic rings. The van der Waals surface area contributed by atoms with E-state index in [0.717, 1.165) is 15.4 Å². The van der Waals surface area contributed by atoms with Gasteiger partial charge in [0.1, 0.15) is 6.54 Å². The van der Waals surface area contributed by atoms with Crippen molar-refractivity contribution in [3.63, 3.8) is 0 Å². The Labute approximate surface area is 163 Å². The zero-order valence-electron chi connectivity index (χ0n) is 14.7. The zero-order chi connectivity index (χ0) is 19.7. The fraction of sp³-hybridized carbons (Fsp3) is 0.105. The van der Waals surface area contributed by atoms with Crippen LogP contribution in [0.5, 0.6) is 0 Å². The van der Waals surface area contributed by atoms with Gasteiger partial charge in [-0.2, -0.15) is 0 Å². The van der Waals surface area contributed by atoms with Crippen molar-refractivity contribution < 1.29 is 18.8 Å². The Kier molecular flexibility index (Phi) is 4.66. The number of hydrogen-bond donors (Lipinski definition) is 1. The van der Waals surface area contributed by atoms with Gasteiger partial charge in [-0.05, 0) is 36.6 Å². The van der Waals surface area contributed by atoms with E-state index in [4.69, 9.17) is 4.42 Å². The Balaban J connectivity index is 1.45. The molecule has 4 rings (SSSR count). The summed E-state index contributed by atoms with van der Waals surface area (Å²) in [7, 11) is 0. The van der Waals surface area contributed by atoms with Gasteiger partial charge in [-0.15, -0.1) is 16.9 Å². The van der Waals surface area contributed by atoms with E-state index in [0.29, 0.717) is 0 Å². The topological polar surface area (TPSA) is 105 Å². The molecule has 0 aliphatic carbocycles. The molecule has 2 aromatic carbocycles. The lowest BCUT2D eigenvalue weighted by atomic mass is 10.1. The number of carbonyl (C=O) groups excluding carboxylic acids is 3. The highest BCUT2D eigenvalue weighted by Crippen LogP contribution is 2.25. The van der Waals surface area contributed by atoms with E-state index in [1.165, 1.54) is 0 Å². The number of hydrogen-bond acceptors (Lipinski definition) is 7. The number of carbonyl (C=O) groups is 3. The van der Waals surface area contributed by atoms with E-state index in [9.17, 15) is 14.4 Å². The molecule has 1 aliphatic heterocycles. The second-order valence-corrected chi connectivity index (χ2v) is 6.81. The van der Waals surface area contributed by atoms with Crippen molar-refractivity contribution in [3.05, 3.63) is 59.7 Å². The Bertz CT molecular complexity index is 1060. The average molecular weight is 394 g/mol. The van der Waals surface area contributed by atoms with Crippen LogP contribution >= 0.6 is 11.8 Å². The van der Waals surface area contributed by atoms with Crippen molar-refractivity contribution in [1.82, 2.24) is 15.1 Å². The fourth-order valence-corrected chi connectivity index (χ4v) is 3.29. The molecule has 9 heteroatoms. The third-order valence-electron chi connectivity index (χ3n) is 4.17. The van der Waals surface area contributed by atoms with Crippen LogP contribution in [0.4, 0.5) is 6.01 Å². The summed E-state index contributed by atoms with van der Waals surface area (Å²) < 4.78 is 5.47. The van der Waals surface area contributed by atoms with Crippen molar-refractivity contribution in [2.24, 2.45) is 0 Å². The predicted octanol–water partition coefficient (Wildman–Crippen LogP) is 2.69. The van der Waals surface area contributed by atoms with Crippen LogP contribution < -0.4 is 5.32 Å². The molecular formula is C19H14N4O4S. The Morgan fingerprint density at radius 3 is 2.46 bits per heavy atom. The number of rotatable bonds is 5. The van der Waals surface area contributed by atoms with E-state index in [-0.39, 0.29) is 23.0 Å². The molecule has 0 radical (unpaired) electrons. The molecule has 0 spiro atoms. The highest BCUT2D eigenvalue weighted by atomic mass is 32.2. The first-order valence-corrected chi connectivity index (χ1v) is 9.52. The second kappa shape index (κ2) is 7.28. The first-order chi connectivity index (χ1) is 13.6. The monoisotopic (exact) mass is 394 g/mol. The molecule has 3 amide bonds. The van der Waals surface area contributed by atoms with Crippen LogP contribution in [0.15, 0.2) is 57.8 Å². The van der Waals surface area contributed by atoms with Crippen molar-refractivity contribution >= 4 is 35.5 Å². The summed E-state index contributed by atoms with van der Waals surface area (Å²) in [6.45, 7) is -0.438. The molecule has 1 N–H and O–H groups in total. The van der Waals surface area contributed by atoms with Crippen molar-refractivity contribution in [1.29, 1.82) is 0 Å². The third-order valence-corrected chi connectivity index (χ3v) is 4.89. The van der Waals surface area contributed by atoms with Gasteiger partial charge in [0, 0.05) is 10.5 Å². The molecule has 0 unspecified atom stereocenters. The maximum absolute atomic E-state index is 12.3. The van der Waals surface area contributed by atoms with Crippen LogP contribution in [0.2, 0.25) is 0 Å². The number of fused-ring (bicyclic) bond motifs is 1. The highest BCUT2D eigenvalue weighted by Gasteiger charge is 2.36.